The van der Waals surface area contributed by atoms with Gasteiger partial charge in [-0.2, -0.15) is 0 Å². The molecule has 32 heavy (non-hydrogen) atoms. The standard InChI is InChI=1S/C25H22FNO5/c1-2-27(23(24(29)30)15-11-12-22(28)21(26)13-15)25(31)32-14-20-18-9-5-3-7-16(18)17-8-4-6-10-19(17)20/h3-13,20,23,28H,2,14H2,1H3,(H,29,30). The van der Waals surface area contributed by atoms with E-state index in [4.69, 9.17) is 4.74 Å². The fraction of sp³-hybridized carbons (Fsp3) is 0.200. The summed E-state index contributed by atoms with van der Waals surface area (Å²) in [4.78, 5) is 25.9. The lowest BCUT2D eigenvalue weighted by Gasteiger charge is -2.28. The van der Waals surface area contributed by atoms with Crippen molar-refractivity contribution in [2.24, 2.45) is 0 Å². The van der Waals surface area contributed by atoms with E-state index in [-0.39, 0.29) is 24.6 Å². The van der Waals surface area contributed by atoms with E-state index >= 15 is 0 Å². The van der Waals surface area contributed by atoms with Crippen LogP contribution in [0.25, 0.3) is 11.1 Å². The molecule has 0 aromatic heterocycles. The molecule has 1 unspecified atom stereocenters. The molecule has 2 N–H and O–H groups in total. The van der Waals surface area contributed by atoms with Crippen LogP contribution in [-0.4, -0.2) is 40.3 Å². The average molecular weight is 435 g/mol. The zero-order chi connectivity index (χ0) is 22.8. The molecular weight excluding hydrogens is 413 g/mol. The minimum absolute atomic E-state index is 0.0307. The number of aliphatic carboxylic acids is 1. The summed E-state index contributed by atoms with van der Waals surface area (Å²) >= 11 is 0. The van der Waals surface area contributed by atoms with E-state index in [0.29, 0.717) is 0 Å². The number of phenols is 1. The van der Waals surface area contributed by atoms with Gasteiger partial charge in [-0.1, -0.05) is 54.6 Å². The Hall–Kier alpha value is -3.87. The fourth-order valence-electron chi connectivity index (χ4n) is 4.24. The van der Waals surface area contributed by atoms with Gasteiger partial charge in [0.2, 0.25) is 0 Å². The van der Waals surface area contributed by atoms with Gasteiger partial charge in [0.25, 0.3) is 0 Å². The number of hydrogen-bond acceptors (Lipinski definition) is 4. The van der Waals surface area contributed by atoms with Crippen molar-refractivity contribution in [1.82, 2.24) is 4.90 Å². The third kappa shape index (κ3) is 3.77. The first-order chi connectivity index (χ1) is 15.4. The molecule has 164 valence electrons. The van der Waals surface area contributed by atoms with Crippen LogP contribution in [0.3, 0.4) is 0 Å². The van der Waals surface area contributed by atoms with Crippen molar-refractivity contribution in [2.45, 2.75) is 18.9 Å². The number of carboxylic acids is 1. The average Bonchev–Trinajstić information content (AvgIpc) is 3.11. The van der Waals surface area contributed by atoms with Crippen LogP contribution in [0.4, 0.5) is 9.18 Å². The van der Waals surface area contributed by atoms with Crippen molar-refractivity contribution >= 4 is 12.1 Å². The number of hydrogen-bond donors (Lipinski definition) is 2. The van der Waals surface area contributed by atoms with E-state index in [2.05, 4.69) is 0 Å². The van der Waals surface area contributed by atoms with Crippen molar-refractivity contribution in [3.8, 4) is 16.9 Å². The molecule has 3 aromatic carbocycles. The largest absolute Gasteiger partial charge is 0.505 e. The highest BCUT2D eigenvalue weighted by atomic mass is 19.1. The molecule has 1 amide bonds. The molecular formula is C25H22FNO5. The van der Waals surface area contributed by atoms with E-state index < -0.39 is 29.7 Å². The van der Waals surface area contributed by atoms with E-state index in [1.165, 1.54) is 6.07 Å². The van der Waals surface area contributed by atoms with Crippen LogP contribution in [0.1, 0.15) is 35.6 Å². The second-order valence-corrected chi connectivity index (χ2v) is 7.54. The molecule has 0 radical (unpaired) electrons. The summed E-state index contributed by atoms with van der Waals surface area (Å²) in [5, 5.41) is 19.2. The molecule has 4 rings (SSSR count). The maximum absolute atomic E-state index is 13.8. The number of fused-ring (bicyclic) bond motifs is 3. The second kappa shape index (κ2) is 8.70. The Morgan fingerprint density at radius 3 is 2.16 bits per heavy atom. The number of carbonyl (C=O) groups is 2. The van der Waals surface area contributed by atoms with Gasteiger partial charge < -0.3 is 14.9 Å². The number of nitrogens with zero attached hydrogens (tertiary/aromatic N) is 1. The zero-order valence-electron chi connectivity index (χ0n) is 17.4. The zero-order valence-corrected chi connectivity index (χ0v) is 17.4. The normalized spacial score (nSPS) is 13.2. The summed E-state index contributed by atoms with van der Waals surface area (Å²) in [6, 6.07) is 17.6. The monoisotopic (exact) mass is 435 g/mol. The molecule has 0 spiro atoms. The van der Waals surface area contributed by atoms with Crippen molar-refractivity contribution < 1.29 is 28.9 Å². The van der Waals surface area contributed by atoms with Gasteiger partial charge in [0.05, 0.1) is 0 Å². The molecule has 1 aliphatic rings. The number of rotatable bonds is 6. The Balaban J connectivity index is 1.57. The summed E-state index contributed by atoms with van der Waals surface area (Å²) < 4.78 is 19.4. The number of ether oxygens (including phenoxy) is 1. The van der Waals surface area contributed by atoms with Crippen LogP contribution in [0.5, 0.6) is 5.75 Å². The van der Waals surface area contributed by atoms with Gasteiger partial charge in [0, 0.05) is 12.5 Å². The summed E-state index contributed by atoms with van der Waals surface area (Å²) in [6.07, 6.45) is -0.810. The molecule has 3 aromatic rings. The van der Waals surface area contributed by atoms with Gasteiger partial charge in [-0.3, -0.25) is 4.90 Å². The van der Waals surface area contributed by atoms with E-state index in [1.807, 2.05) is 48.5 Å². The van der Waals surface area contributed by atoms with Crippen molar-refractivity contribution in [2.75, 3.05) is 13.2 Å². The summed E-state index contributed by atoms with van der Waals surface area (Å²) in [5.74, 6) is -3.05. The third-order valence-corrected chi connectivity index (χ3v) is 5.74. The molecule has 0 saturated heterocycles. The first-order valence-electron chi connectivity index (χ1n) is 10.2. The highest BCUT2D eigenvalue weighted by Crippen LogP contribution is 2.44. The van der Waals surface area contributed by atoms with Crippen LogP contribution in [0.15, 0.2) is 66.7 Å². The molecule has 0 saturated carbocycles. The third-order valence-electron chi connectivity index (χ3n) is 5.74. The smallest absolute Gasteiger partial charge is 0.410 e. The van der Waals surface area contributed by atoms with Crippen molar-refractivity contribution in [1.29, 1.82) is 0 Å². The Labute approximate surface area is 184 Å². The minimum atomic E-state index is -1.45. The number of carboxylic acid groups (broad SMARTS) is 1. The van der Waals surface area contributed by atoms with Crippen LogP contribution >= 0.6 is 0 Å². The molecule has 0 fully saturated rings. The lowest BCUT2D eigenvalue weighted by Crippen LogP contribution is -2.39. The van der Waals surface area contributed by atoms with Crippen molar-refractivity contribution in [3.63, 3.8) is 0 Å². The maximum Gasteiger partial charge on any atom is 0.410 e. The lowest BCUT2D eigenvalue weighted by molar-refractivity contribution is -0.143. The van der Waals surface area contributed by atoms with Gasteiger partial charge in [-0.05, 0) is 46.9 Å². The molecule has 1 atom stereocenters. The first-order valence-corrected chi connectivity index (χ1v) is 10.2. The van der Waals surface area contributed by atoms with E-state index in [9.17, 15) is 24.2 Å². The molecule has 6 nitrogen and oxygen atoms in total. The van der Waals surface area contributed by atoms with Gasteiger partial charge in [0.15, 0.2) is 17.6 Å². The number of halogens is 1. The number of benzene rings is 3. The topological polar surface area (TPSA) is 87.1 Å². The molecule has 0 heterocycles. The van der Waals surface area contributed by atoms with E-state index in [1.54, 1.807) is 6.92 Å². The Kier molecular flexibility index (Phi) is 5.81. The minimum Gasteiger partial charge on any atom is -0.505 e. The first kappa shape index (κ1) is 21.4. The quantitative estimate of drug-likeness (QED) is 0.573. The maximum atomic E-state index is 13.8. The molecule has 1 aliphatic carbocycles. The number of amides is 1. The SMILES string of the molecule is CCN(C(=O)OCC1c2ccccc2-c2ccccc21)C(C(=O)O)c1ccc(O)c(F)c1. The number of aromatic hydroxyl groups is 1. The van der Waals surface area contributed by atoms with Crippen LogP contribution in [0.2, 0.25) is 0 Å². The summed E-state index contributed by atoms with van der Waals surface area (Å²) in [7, 11) is 0. The highest BCUT2D eigenvalue weighted by Gasteiger charge is 2.34. The summed E-state index contributed by atoms with van der Waals surface area (Å²) in [6.45, 7) is 1.70. The van der Waals surface area contributed by atoms with Gasteiger partial charge in [-0.15, -0.1) is 0 Å². The van der Waals surface area contributed by atoms with Gasteiger partial charge in [-0.25, -0.2) is 14.0 Å². The number of likely N-dealkylation sites (N-methyl/N-ethyl adjacent to an activating group) is 1. The highest BCUT2D eigenvalue weighted by molar-refractivity contribution is 5.82. The van der Waals surface area contributed by atoms with Crippen LogP contribution in [0, 0.1) is 5.82 Å². The predicted octanol–water partition coefficient (Wildman–Crippen LogP) is 4.93. The predicted molar refractivity (Wildman–Crippen MR) is 116 cm³/mol. The Morgan fingerprint density at radius 2 is 1.62 bits per heavy atom. The number of phenolic OH excluding ortho intramolecular Hbond substituents is 1. The molecule has 0 aliphatic heterocycles. The molecule has 7 heteroatoms. The Bertz CT molecular complexity index is 1130. The van der Waals surface area contributed by atoms with Gasteiger partial charge >= 0.3 is 12.1 Å². The van der Waals surface area contributed by atoms with Crippen molar-refractivity contribution in [3.05, 3.63) is 89.2 Å². The fourth-order valence-corrected chi connectivity index (χ4v) is 4.24. The second-order valence-electron chi connectivity index (χ2n) is 7.54. The Morgan fingerprint density at radius 1 is 1.03 bits per heavy atom. The van der Waals surface area contributed by atoms with Crippen LogP contribution < -0.4 is 0 Å². The van der Waals surface area contributed by atoms with E-state index in [0.717, 1.165) is 39.3 Å². The molecule has 0 bridgehead atoms. The summed E-state index contributed by atoms with van der Waals surface area (Å²) in [5.41, 5.74) is 4.28. The van der Waals surface area contributed by atoms with Crippen LogP contribution in [-0.2, 0) is 9.53 Å². The lowest BCUT2D eigenvalue weighted by atomic mass is 9.98. The number of carbonyl (C=O) groups excluding carboxylic acids is 1. The van der Waals surface area contributed by atoms with Gasteiger partial charge in [0.1, 0.15) is 6.61 Å².